The molecule has 0 aliphatic carbocycles. The van der Waals surface area contributed by atoms with Gasteiger partial charge in [0.25, 0.3) is 5.56 Å². The quantitative estimate of drug-likeness (QED) is 0.733. The molecule has 1 atom stereocenters. The van der Waals surface area contributed by atoms with Crippen LogP contribution in [0.1, 0.15) is 12.8 Å². The van der Waals surface area contributed by atoms with Crippen molar-refractivity contribution >= 4 is 38.8 Å². The van der Waals surface area contributed by atoms with Crippen molar-refractivity contribution in [2.45, 2.75) is 25.4 Å². The van der Waals surface area contributed by atoms with Gasteiger partial charge in [0.2, 0.25) is 5.91 Å². The highest BCUT2D eigenvalue weighted by Gasteiger charge is 2.18. The van der Waals surface area contributed by atoms with E-state index in [9.17, 15) is 9.59 Å². The van der Waals surface area contributed by atoms with Crippen molar-refractivity contribution in [2.24, 2.45) is 0 Å². The Hall–Kier alpha value is -2.03. The molecule has 0 bridgehead atoms. The van der Waals surface area contributed by atoms with E-state index in [0.717, 1.165) is 36.4 Å². The van der Waals surface area contributed by atoms with Crippen LogP contribution in [0.5, 0.6) is 0 Å². The number of nitrogens with one attached hydrogen (secondary N) is 2. The van der Waals surface area contributed by atoms with Crippen LogP contribution in [0.2, 0.25) is 0 Å². The van der Waals surface area contributed by atoms with Crippen LogP contribution < -0.4 is 16.2 Å². The van der Waals surface area contributed by atoms with Gasteiger partial charge in [-0.15, -0.1) is 22.7 Å². The van der Waals surface area contributed by atoms with Crippen LogP contribution >= 0.6 is 22.7 Å². The van der Waals surface area contributed by atoms with Gasteiger partial charge >= 0.3 is 0 Å². The Morgan fingerprint density at radius 2 is 2.36 bits per heavy atom. The van der Waals surface area contributed by atoms with Gasteiger partial charge in [-0.05, 0) is 30.8 Å². The number of fused-ring (bicyclic) bond motifs is 1. The second-order valence-electron chi connectivity index (χ2n) is 6.10. The third-order valence-electron chi connectivity index (χ3n) is 4.32. The van der Waals surface area contributed by atoms with E-state index in [-0.39, 0.29) is 24.1 Å². The van der Waals surface area contributed by atoms with E-state index in [2.05, 4.69) is 15.6 Å². The molecule has 0 aromatic carbocycles. The maximum Gasteiger partial charge on any atom is 0.263 e. The molecule has 1 saturated heterocycles. The Morgan fingerprint density at radius 3 is 3.12 bits per heavy atom. The van der Waals surface area contributed by atoms with E-state index in [4.69, 9.17) is 0 Å². The van der Waals surface area contributed by atoms with Crippen LogP contribution in [0.25, 0.3) is 20.7 Å². The van der Waals surface area contributed by atoms with Crippen LogP contribution in [0, 0.1) is 0 Å². The third-order valence-corrected chi connectivity index (χ3v) is 6.11. The van der Waals surface area contributed by atoms with Crippen molar-refractivity contribution in [1.82, 2.24) is 20.2 Å². The monoisotopic (exact) mass is 374 g/mol. The van der Waals surface area contributed by atoms with Crippen LogP contribution in [-0.2, 0) is 11.3 Å². The number of piperidine rings is 1. The molecule has 1 amide bonds. The van der Waals surface area contributed by atoms with Crippen molar-refractivity contribution in [3.63, 3.8) is 0 Å². The lowest BCUT2D eigenvalue weighted by Crippen LogP contribution is -2.47. The molecule has 3 aromatic rings. The molecule has 2 N–H and O–H groups in total. The highest BCUT2D eigenvalue weighted by atomic mass is 32.1. The zero-order valence-electron chi connectivity index (χ0n) is 13.5. The smallest absolute Gasteiger partial charge is 0.263 e. The molecule has 25 heavy (non-hydrogen) atoms. The van der Waals surface area contributed by atoms with Crippen molar-refractivity contribution in [3.8, 4) is 10.4 Å². The van der Waals surface area contributed by atoms with E-state index in [1.165, 1.54) is 22.2 Å². The number of hydrogen-bond acceptors (Lipinski definition) is 6. The second kappa shape index (κ2) is 7.07. The molecular weight excluding hydrogens is 356 g/mol. The Labute approximate surface area is 152 Å². The summed E-state index contributed by atoms with van der Waals surface area (Å²) in [7, 11) is 0. The van der Waals surface area contributed by atoms with Crippen LogP contribution in [0.4, 0.5) is 0 Å². The maximum absolute atomic E-state index is 12.9. The summed E-state index contributed by atoms with van der Waals surface area (Å²) >= 11 is 3.05. The number of thiophene rings is 2. The summed E-state index contributed by atoms with van der Waals surface area (Å²) in [6.45, 7) is 1.78. The number of rotatable bonds is 4. The minimum atomic E-state index is -0.161. The molecule has 1 aliphatic heterocycles. The summed E-state index contributed by atoms with van der Waals surface area (Å²) in [6, 6.07) is 4.09. The largest absolute Gasteiger partial charge is 0.351 e. The summed E-state index contributed by atoms with van der Waals surface area (Å²) in [5.41, 5.74) is 0.741. The Bertz CT molecular complexity index is 939. The lowest BCUT2D eigenvalue weighted by Gasteiger charge is -2.23. The van der Waals surface area contributed by atoms with Gasteiger partial charge in [0.1, 0.15) is 11.4 Å². The Morgan fingerprint density at radius 1 is 1.44 bits per heavy atom. The van der Waals surface area contributed by atoms with E-state index in [0.29, 0.717) is 10.2 Å². The predicted octanol–water partition coefficient (Wildman–Crippen LogP) is 2.05. The topological polar surface area (TPSA) is 76.0 Å². The summed E-state index contributed by atoms with van der Waals surface area (Å²) < 4.78 is 1.40. The van der Waals surface area contributed by atoms with Crippen LogP contribution in [0.3, 0.4) is 0 Å². The van der Waals surface area contributed by atoms with Gasteiger partial charge in [0.15, 0.2) is 0 Å². The highest BCUT2D eigenvalue weighted by Crippen LogP contribution is 2.33. The number of nitrogens with zero attached hydrogens (tertiary/aromatic N) is 2. The number of carbonyl (C=O) groups excluding carboxylic acids is 1. The molecule has 0 spiro atoms. The SMILES string of the molecule is O=C(Cn1cnc2scc(-c3cccs3)c2c1=O)NC1CCCNC1. The Kier molecular flexibility index (Phi) is 4.65. The summed E-state index contributed by atoms with van der Waals surface area (Å²) in [6.07, 6.45) is 3.49. The van der Waals surface area contributed by atoms with Gasteiger partial charge in [-0.25, -0.2) is 4.98 Å². The molecule has 1 aliphatic rings. The van der Waals surface area contributed by atoms with Crippen molar-refractivity contribution < 1.29 is 4.79 Å². The Balaban J connectivity index is 1.60. The van der Waals surface area contributed by atoms with E-state index >= 15 is 0 Å². The lowest BCUT2D eigenvalue weighted by atomic mass is 10.1. The molecule has 1 fully saturated rings. The number of aromatic nitrogens is 2. The molecular formula is C17H18N4O2S2. The molecule has 0 saturated carbocycles. The standard InChI is InChI=1S/C17H18N4O2S2/c22-14(20-11-3-1-5-18-7-11)8-21-10-19-16-15(17(21)23)12(9-25-16)13-4-2-6-24-13/h2,4,6,9-11,18H,1,3,5,7-8H2,(H,20,22). The minimum Gasteiger partial charge on any atom is -0.351 e. The van der Waals surface area contributed by atoms with Crippen molar-refractivity contribution in [2.75, 3.05) is 13.1 Å². The molecule has 3 aromatic heterocycles. The first kappa shape index (κ1) is 16.4. The fourth-order valence-electron chi connectivity index (χ4n) is 3.10. The maximum atomic E-state index is 12.9. The molecule has 8 heteroatoms. The van der Waals surface area contributed by atoms with Gasteiger partial charge in [0.05, 0.1) is 11.7 Å². The van der Waals surface area contributed by atoms with Gasteiger partial charge in [-0.3, -0.25) is 14.2 Å². The zero-order chi connectivity index (χ0) is 17.2. The van der Waals surface area contributed by atoms with Gasteiger partial charge in [-0.1, -0.05) is 6.07 Å². The molecule has 6 nitrogen and oxygen atoms in total. The van der Waals surface area contributed by atoms with E-state index in [1.807, 2.05) is 22.9 Å². The summed E-state index contributed by atoms with van der Waals surface area (Å²) in [4.78, 5) is 31.3. The van der Waals surface area contributed by atoms with E-state index in [1.54, 1.807) is 11.3 Å². The number of hydrogen-bond donors (Lipinski definition) is 2. The summed E-state index contributed by atoms with van der Waals surface area (Å²) in [5, 5.41) is 10.8. The average Bonchev–Trinajstić information content (AvgIpc) is 3.27. The van der Waals surface area contributed by atoms with Gasteiger partial charge in [-0.2, -0.15) is 0 Å². The van der Waals surface area contributed by atoms with Gasteiger partial charge in [0, 0.05) is 28.4 Å². The molecule has 130 valence electrons. The zero-order valence-corrected chi connectivity index (χ0v) is 15.2. The highest BCUT2D eigenvalue weighted by molar-refractivity contribution is 7.18. The van der Waals surface area contributed by atoms with E-state index < -0.39 is 0 Å². The van der Waals surface area contributed by atoms with Crippen LogP contribution in [0.15, 0.2) is 34.0 Å². The van der Waals surface area contributed by atoms with Crippen LogP contribution in [-0.4, -0.2) is 34.6 Å². The van der Waals surface area contributed by atoms with Crippen molar-refractivity contribution in [3.05, 3.63) is 39.6 Å². The number of carbonyl (C=O) groups is 1. The molecule has 0 radical (unpaired) electrons. The molecule has 4 rings (SSSR count). The lowest BCUT2D eigenvalue weighted by molar-refractivity contribution is -0.122. The minimum absolute atomic E-state index is 0.00198. The first-order valence-corrected chi connectivity index (χ1v) is 9.99. The summed E-state index contributed by atoms with van der Waals surface area (Å²) in [5.74, 6) is -0.148. The van der Waals surface area contributed by atoms with Gasteiger partial charge < -0.3 is 10.6 Å². The first-order valence-electron chi connectivity index (χ1n) is 8.23. The average molecular weight is 374 g/mol. The number of amides is 1. The predicted molar refractivity (Wildman–Crippen MR) is 101 cm³/mol. The second-order valence-corrected chi connectivity index (χ2v) is 7.90. The fourth-order valence-corrected chi connectivity index (χ4v) is 4.82. The molecule has 1 unspecified atom stereocenters. The molecule has 4 heterocycles. The van der Waals surface area contributed by atoms with Crippen molar-refractivity contribution in [1.29, 1.82) is 0 Å². The third kappa shape index (κ3) is 3.37. The normalized spacial score (nSPS) is 17.7. The fraction of sp³-hybridized carbons (Fsp3) is 0.353. The first-order chi connectivity index (χ1) is 12.2.